The normalized spacial score (nSPS) is 18.8. The predicted molar refractivity (Wildman–Crippen MR) is 259 cm³/mol. The van der Waals surface area contributed by atoms with Crippen LogP contribution in [0.3, 0.4) is 0 Å². The van der Waals surface area contributed by atoms with Crippen molar-refractivity contribution in [2.75, 3.05) is 50.0 Å². The number of amides is 4. The van der Waals surface area contributed by atoms with Crippen molar-refractivity contribution in [3.05, 3.63) is 71.4 Å². The summed E-state index contributed by atoms with van der Waals surface area (Å²) in [5.41, 5.74) is 11.9. The number of phenols is 1. The lowest BCUT2D eigenvalue weighted by atomic mass is 9.85. The molecule has 3 aliphatic heterocycles. The average molecular weight is 938 g/mol. The summed E-state index contributed by atoms with van der Waals surface area (Å²) >= 11 is 1.58. The minimum atomic E-state index is -0.871. The van der Waals surface area contributed by atoms with E-state index in [1.807, 2.05) is 74.5 Å². The van der Waals surface area contributed by atoms with E-state index in [0.29, 0.717) is 62.7 Å². The molecule has 7 rings (SSSR count). The van der Waals surface area contributed by atoms with Crippen molar-refractivity contribution < 1.29 is 34.1 Å². The number of benzene rings is 2. The Bertz CT molecular complexity index is 2340. The second-order valence-electron chi connectivity index (χ2n) is 19.4. The third kappa shape index (κ3) is 12.5. The molecule has 16 nitrogen and oxygen atoms in total. The van der Waals surface area contributed by atoms with Gasteiger partial charge >= 0.3 is 0 Å². The van der Waals surface area contributed by atoms with Gasteiger partial charge in [0.1, 0.15) is 17.8 Å². The third-order valence-corrected chi connectivity index (χ3v) is 14.3. The highest BCUT2D eigenvalue weighted by molar-refractivity contribution is 7.13. The van der Waals surface area contributed by atoms with Gasteiger partial charge in [-0.15, -0.1) is 21.5 Å². The first kappa shape index (κ1) is 49.3. The Kier molecular flexibility index (Phi) is 16.2. The number of nitrogen functional groups attached to an aromatic ring is 1. The summed E-state index contributed by atoms with van der Waals surface area (Å²) in [7, 11) is 0. The van der Waals surface area contributed by atoms with E-state index in [-0.39, 0.29) is 55.3 Å². The number of aryl methyl sites for hydroxylation is 1. The van der Waals surface area contributed by atoms with E-state index >= 15 is 0 Å². The number of aromatic hydroxyl groups is 1. The molecule has 1 spiro atoms. The number of phenolic OH excluding ortho intramolecular Hbond substituents is 1. The highest BCUT2D eigenvalue weighted by Gasteiger charge is 2.45. The lowest BCUT2D eigenvalue weighted by Crippen LogP contribution is -2.58. The van der Waals surface area contributed by atoms with Gasteiger partial charge in [-0.3, -0.25) is 19.2 Å². The van der Waals surface area contributed by atoms with Crippen molar-refractivity contribution in [2.45, 2.75) is 129 Å². The lowest BCUT2D eigenvalue weighted by molar-refractivity contribution is -0.154. The number of unbranched alkanes of at least 4 members (excludes halogenated alkanes) is 5. The molecule has 0 radical (unpaired) electrons. The van der Waals surface area contributed by atoms with Gasteiger partial charge in [0.25, 0.3) is 0 Å². The zero-order valence-electron chi connectivity index (χ0n) is 39.3. The topological polar surface area (TPSA) is 216 Å². The maximum absolute atomic E-state index is 14.0. The van der Waals surface area contributed by atoms with Crippen molar-refractivity contribution in [3.63, 3.8) is 0 Å². The molecule has 3 aliphatic rings. The van der Waals surface area contributed by atoms with Crippen molar-refractivity contribution >= 4 is 46.5 Å². The number of ether oxygens (including phenoxy) is 1. The van der Waals surface area contributed by atoms with Crippen LogP contribution in [0, 0.1) is 12.3 Å². The molecule has 3 fully saturated rings. The summed E-state index contributed by atoms with van der Waals surface area (Å²) < 4.78 is 6.35. The molecule has 6 N–H and O–H groups in total. The molecule has 17 heteroatoms. The van der Waals surface area contributed by atoms with Crippen LogP contribution in [0.2, 0.25) is 0 Å². The molecular formula is C50H67N9O7S. The van der Waals surface area contributed by atoms with Crippen molar-refractivity contribution in [1.29, 1.82) is 0 Å². The van der Waals surface area contributed by atoms with Gasteiger partial charge in [0.2, 0.25) is 23.6 Å². The molecule has 2 aromatic heterocycles. The van der Waals surface area contributed by atoms with Crippen LogP contribution >= 0.6 is 11.3 Å². The summed E-state index contributed by atoms with van der Waals surface area (Å²) in [6.07, 6.45) is 6.65. The Morgan fingerprint density at radius 2 is 1.66 bits per heavy atom. The van der Waals surface area contributed by atoms with Crippen LogP contribution in [0.1, 0.15) is 103 Å². The Morgan fingerprint density at radius 1 is 0.955 bits per heavy atom. The maximum Gasteiger partial charge on any atom is 0.246 e. The molecule has 0 aliphatic carbocycles. The minimum Gasteiger partial charge on any atom is -0.507 e. The van der Waals surface area contributed by atoms with Crippen LogP contribution in [0.5, 0.6) is 5.75 Å². The number of anilines is 2. The van der Waals surface area contributed by atoms with Gasteiger partial charge in [0.15, 0.2) is 5.82 Å². The number of carbonyl (C=O) groups is 4. The highest BCUT2D eigenvalue weighted by Crippen LogP contribution is 2.37. The van der Waals surface area contributed by atoms with E-state index < -0.39 is 29.2 Å². The average Bonchev–Trinajstić information content (AvgIpc) is 3.93. The number of aliphatic hydroxyl groups excluding tert-OH is 1. The van der Waals surface area contributed by atoms with Crippen LogP contribution < -0.4 is 21.3 Å². The maximum atomic E-state index is 14.0. The molecular weight excluding hydrogens is 871 g/mol. The van der Waals surface area contributed by atoms with Gasteiger partial charge in [-0.1, -0.05) is 82.9 Å². The number of nitrogens with zero attached hydrogens (tertiary/aromatic N) is 6. The van der Waals surface area contributed by atoms with Crippen LogP contribution in [-0.2, 0) is 30.5 Å². The second kappa shape index (κ2) is 22.0. The van der Waals surface area contributed by atoms with Gasteiger partial charge in [0.05, 0.1) is 45.8 Å². The predicted octanol–water partition coefficient (Wildman–Crippen LogP) is 5.99. The molecule has 1 unspecified atom stereocenters. The van der Waals surface area contributed by atoms with E-state index in [1.54, 1.807) is 29.5 Å². The standard InChI is InChI=1S/C50H67N9O7S/c1-33-44(67-32-53-33)35-19-17-34(18-20-35)29-52-47(64)40-27-36(60)30-59(40)48(65)45(49(2,3)4)54-42(62)15-9-7-5-6-8-10-16-43(63)58-25-26-66-50(31-58)21-23-57(24-22-50)39-28-38(55-56-46(39)51)37-13-11-12-14-41(37)61/h11-14,17-20,28,32,36,40,45,60-61H,5-10,15-16,21-27,29-31H2,1-4H3,(H2,51,56)(H,52,64)(H,54,62)/t36-,40+,45?/m1/s1. The third-order valence-electron chi connectivity index (χ3n) is 13.4. The number of aromatic nitrogens is 3. The Morgan fingerprint density at radius 3 is 2.34 bits per heavy atom. The summed E-state index contributed by atoms with van der Waals surface area (Å²) in [4.78, 5) is 65.1. The fourth-order valence-corrected chi connectivity index (χ4v) is 10.2. The quantitative estimate of drug-likeness (QED) is 0.0772. The summed E-state index contributed by atoms with van der Waals surface area (Å²) in [5.74, 6) is -0.327. The van der Waals surface area contributed by atoms with Gasteiger partial charge in [-0.05, 0) is 67.3 Å². The summed E-state index contributed by atoms with van der Waals surface area (Å²) in [5, 5.41) is 35.3. The van der Waals surface area contributed by atoms with Crippen LogP contribution in [-0.4, -0.2) is 122 Å². The van der Waals surface area contributed by atoms with E-state index in [0.717, 1.165) is 72.3 Å². The van der Waals surface area contributed by atoms with Crippen molar-refractivity contribution in [1.82, 2.24) is 35.6 Å². The monoisotopic (exact) mass is 937 g/mol. The molecule has 4 amide bonds. The number of β-amino-alcohol motifs (C(OH)–C–C–N with tert-alkyl or cyclic N) is 1. The first-order chi connectivity index (χ1) is 32.1. The molecule has 0 bridgehead atoms. The number of thiazole rings is 1. The number of carbonyl (C=O) groups excluding carboxylic acids is 4. The number of likely N-dealkylation sites (tertiary alicyclic amines) is 1. The summed E-state index contributed by atoms with van der Waals surface area (Å²) in [6.45, 7) is 11.0. The van der Waals surface area contributed by atoms with E-state index in [9.17, 15) is 29.4 Å². The molecule has 3 atom stereocenters. The highest BCUT2D eigenvalue weighted by atomic mass is 32.1. The fraction of sp³-hybridized carbons (Fsp3) is 0.540. The van der Waals surface area contributed by atoms with E-state index in [1.165, 1.54) is 4.90 Å². The first-order valence-corrected chi connectivity index (χ1v) is 24.6. The largest absolute Gasteiger partial charge is 0.507 e. The van der Waals surface area contributed by atoms with Gasteiger partial charge in [-0.25, -0.2) is 4.98 Å². The van der Waals surface area contributed by atoms with Crippen LogP contribution in [0.25, 0.3) is 21.7 Å². The smallest absolute Gasteiger partial charge is 0.246 e. The SMILES string of the molecule is Cc1ncsc1-c1ccc(CNC(=O)[C@@H]2C[C@@H](O)CN2C(=O)C(NC(=O)CCCCCCCCC(=O)N2CCOC3(CCN(c4cc(-c5ccccc5O)nnc4N)CC3)C2)C(C)(C)C)cc1. The number of nitrogens with two attached hydrogens (primary N) is 1. The first-order valence-electron chi connectivity index (χ1n) is 23.7. The fourth-order valence-electron chi connectivity index (χ4n) is 9.42. The lowest BCUT2D eigenvalue weighted by Gasteiger charge is -2.47. The van der Waals surface area contributed by atoms with Gasteiger partial charge < -0.3 is 46.0 Å². The molecule has 5 heterocycles. The van der Waals surface area contributed by atoms with Crippen molar-refractivity contribution in [3.8, 4) is 27.4 Å². The molecule has 0 saturated carbocycles. The number of morpholine rings is 1. The molecule has 2 aromatic carbocycles. The second-order valence-corrected chi connectivity index (χ2v) is 20.3. The minimum absolute atomic E-state index is 0.0209. The molecule has 67 heavy (non-hydrogen) atoms. The number of aliphatic hydroxyl groups is 1. The number of hydrogen-bond acceptors (Lipinski definition) is 13. The number of nitrogens with one attached hydrogen (secondary N) is 2. The number of para-hydroxylation sites is 1. The summed E-state index contributed by atoms with van der Waals surface area (Å²) in [6, 6.07) is 15.1. The van der Waals surface area contributed by atoms with Gasteiger partial charge in [-0.2, -0.15) is 0 Å². The van der Waals surface area contributed by atoms with Crippen LogP contribution in [0.4, 0.5) is 11.5 Å². The Labute approximate surface area is 397 Å². The Hall–Kier alpha value is -5.65. The number of rotatable bonds is 17. The van der Waals surface area contributed by atoms with E-state index in [4.69, 9.17) is 10.5 Å². The number of hydrogen-bond donors (Lipinski definition) is 5. The zero-order valence-corrected chi connectivity index (χ0v) is 40.2. The van der Waals surface area contributed by atoms with Gasteiger partial charge in [0, 0.05) is 64.1 Å². The van der Waals surface area contributed by atoms with E-state index in [2.05, 4.69) is 30.7 Å². The zero-order chi connectivity index (χ0) is 47.7. The number of piperidine rings is 1. The van der Waals surface area contributed by atoms with Crippen LogP contribution in [0.15, 0.2) is 60.1 Å². The molecule has 3 saturated heterocycles. The molecule has 4 aromatic rings. The Balaban J connectivity index is 0.790. The molecule has 360 valence electrons. The van der Waals surface area contributed by atoms with Crippen molar-refractivity contribution in [2.24, 2.45) is 5.41 Å².